The minimum atomic E-state index is -0.925. The van der Waals surface area contributed by atoms with Crippen molar-refractivity contribution in [2.24, 2.45) is 5.73 Å². The molecule has 0 aliphatic heterocycles. The highest BCUT2D eigenvalue weighted by Gasteiger charge is 2.09. The molecule has 0 amide bonds. The lowest BCUT2D eigenvalue weighted by Crippen LogP contribution is -2.30. The summed E-state index contributed by atoms with van der Waals surface area (Å²) < 4.78 is 0. The van der Waals surface area contributed by atoms with E-state index in [1.54, 1.807) is 11.8 Å². The number of aliphatic carboxylic acids is 1. The third kappa shape index (κ3) is 6.24. The molecule has 3 nitrogen and oxygen atoms in total. The van der Waals surface area contributed by atoms with Gasteiger partial charge in [0.25, 0.3) is 0 Å². The first kappa shape index (κ1) is 11.5. The summed E-state index contributed by atoms with van der Waals surface area (Å²) in [5.41, 5.74) is 6.40. The molecule has 0 aromatic carbocycles. The maximum atomic E-state index is 10.3. The van der Waals surface area contributed by atoms with Crippen LogP contribution in [-0.4, -0.2) is 28.6 Å². The smallest absolute Gasteiger partial charge is 0.320 e. The molecule has 0 radical (unpaired) electrons. The Kier molecular flexibility index (Phi) is 5.84. The summed E-state index contributed by atoms with van der Waals surface area (Å²) >= 11 is 1.66. The van der Waals surface area contributed by atoms with Crippen LogP contribution in [0.4, 0.5) is 0 Å². The van der Waals surface area contributed by atoms with Crippen LogP contribution in [0, 0.1) is 0 Å². The van der Waals surface area contributed by atoms with Crippen LogP contribution in [0.1, 0.15) is 13.3 Å². The highest BCUT2D eigenvalue weighted by atomic mass is 32.2. The van der Waals surface area contributed by atoms with E-state index in [4.69, 9.17) is 10.8 Å². The van der Waals surface area contributed by atoms with E-state index in [0.29, 0.717) is 6.42 Å². The van der Waals surface area contributed by atoms with Gasteiger partial charge in [-0.05, 0) is 19.1 Å². The third-order valence-corrected chi connectivity index (χ3v) is 2.46. The Hall–Kier alpha value is -0.480. The Labute approximate surface area is 77.0 Å². The molecule has 0 aliphatic carbocycles. The number of carboxylic acids is 1. The lowest BCUT2D eigenvalue weighted by atomic mass is 10.2. The van der Waals surface area contributed by atoms with Crippen molar-refractivity contribution in [3.8, 4) is 0 Å². The molecule has 0 heterocycles. The first-order chi connectivity index (χ1) is 5.54. The van der Waals surface area contributed by atoms with Gasteiger partial charge in [-0.1, -0.05) is 12.2 Å². The summed E-state index contributed by atoms with van der Waals surface area (Å²) in [7, 11) is 0. The molecule has 12 heavy (non-hydrogen) atoms. The number of nitrogens with two attached hydrogens (primary N) is 1. The number of hydrogen-bond acceptors (Lipinski definition) is 3. The standard InChI is InChI=1S/C8H15NO2S/c1-6(2)5-12-4-3-7(9)8(10)11/h7H,1,3-5,9H2,2H3,(H,10,11). The van der Waals surface area contributed by atoms with Crippen molar-refractivity contribution in [1.29, 1.82) is 0 Å². The maximum absolute atomic E-state index is 10.3. The zero-order valence-electron chi connectivity index (χ0n) is 7.25. The molecule has 0 fully saturated rings. The van der Waals surface area contributed by atoms with Crippen LogP contribution in [0.2, 0.25) is 0 Å². The second-order valence-electron chi connectivity index (χ2n) is 2.74. The van der Waals surface area contributed by atoms with Crippen LogP contribution in [0.15, 0.2) is 12.2 Å². The van der Waals surface area contributed by atoms with Crippen LogP contribution in [0.25, 0.3) is 0 Å². The van der Waals surface area contributed by atoms with Gasteiger partial charge in [0.05, 0.1) is 0 Å². The number of carbonyl (C=O) groups is 1. The van der Waals surface area contributed by atoms with E-state index in [1.165, 1.54) is 0 Å². The van der Waals surface area contributed by atoms with Gasteiger partial charge in [0, 0.05) is 5.75 Å². The molecule has 0 aromatic heterocycles. The Morgan fingerprint density at radius 2 is 2.33 bits per heavy atom. The van der Waals surface area contributed by atoms with Crippen molar-refractivity contribution < 1.29 is 9.90 Å². The summed E-state index contributed by atoms with van der Waals surface area (Å²) in [5.74, 6) is 0.734. The van der Waals surface area contributed by atoms with Crippen molar-refractivity contribution in [1.82, 2.24) is 0 Å². The monoisotopic (exact) mass is 189 g/mol. The summed E-state index contributed by atoms with van der Waals surface area (Å²) in [6.45, 7) is 5.69. The van der Waals surface area contributed by atoms with Gasteiger partial charge in [-0.3, -0.25) is 4.79 Å². The average molecular weight is 189 g/mol. The van der Waals surface area contributed by atoms with Gasteiger partial charge in [0.2, 0.25) is 0 Å². The zero-order valence-corrected chi connectivity index (χ0v) is 8.06. The predicted octanol–water partition coefficient (Wildman–Crippen LogP) is 1.10. The van der Waals surface area contributed by atoms with Gasteiger partial charge in [-0.2, -0.15) is 11.8 Å². The molecule has 0 bridgehead atoms. The lowest BCUT2D eigenvalue weighted by Gasteiger charge is -2.05. The quantitative estimate of drug-likeness (QED) is 0.485. The van der Waals surface area contributed by atoms with E-state index >= 15 is 0 Å². The van der Waals surface area contributed by atoms with E-state index in [2.05, 4.69) is 6.58 Å². The molecule has 0 saturated carbocycles. The molecular weight excluding hydrogens is 174 g/mol. The van der Waals surface area contributed by atoms with Crippen molar-refractivity contribution in [3.05, 3.63) is 12.2 Å². The predicted molar refractivity (Wildman–Crippen MR) is 52.4 cm³/mol. The molecule has 0 aliphatic rings. The third-order valence-electron chi connectivity index (χ3n) is 1.24. The number of carboxylic acid groups (broad SMARTS) is 1. The highest BCUT2D eigenvalue weighted by molar-refractivity contribution is 7.99. The molecule has 70 valence electrons. The van der Waals surface area contributed by atoms with Crippen molar-refractivity contribution in [2.75, 3.05) is 11.5 Å². The first-order valence-corrected chi connectivity index (χ1v) is 4.90. The normalized spacial score (nSPS) is 12.5. The number of hydrogen-bond donors (Lipinski definition) is 2. The lowest BCUT2D eigenvalue weighted by molar-refractivity contribution is -0.138. The molecular formula is C8H15NO2S. The summed E-state index contributed by atoms with van der Waals surface area (Å²) in [6, 6.07) is -0.720. The van der Waals surface area contributed by atoms with Crippen molar-refractivity contribution >= 4 is 17.7 Å². The molecule has 4 heteroatoms. The van der Waals surface area contributed by atoms with Gasteiger partial charge in [-0.15, -0.1) is 0 Å². The second kappa shape index (κ2) is 6.08. The van der Waals surface area contributed by atoms with Crippen LogP contribution in [0.3, 0.4) is 0 Å². The Morgan fingerprint density at radius 1 is 1.75 bits per heavy atom. The number of rotatable bonds is 6. The molecule has 0 aromatic rings. The summed E-state index contributed by atoms with van der Waals surface area (Å²) in [5, 5.41) is 8.44. The van der Waals surface area contributed by atoms with Crippen LogP contribution in [0.5, 0.6) is 0 Å². The second-order valence-corrected chi connectivity index (χ2v) is 3.85. The fourth-order valence-corrected chi connectivity index (χ4v) is 1.49. The topological polar surface area (TPSA) is 63.3 Å². The largest absolute Gasteiger partial charge is 0.480 e. The molecule has 0 rings (SSSR count). The van der Waals surface area contributed by atoms with Crippen molar-refractivity contribution in [3.63, 3.8) is 0 Å². The number of thioether (sulfide) groups is 1. The van der Waals surface area contributed by atoms with Crippen LogP contribution < -0.4 is 5.73 Å². The van der Waals surface area contributed by atoms with E-state index in [1.807, 2.05) is 6.92 Å². The summed E-state index contributed by atoms with van der Waals surface area (Å²) in [4.78, 5) is 10.3. The van der Waals surface area contributed by atoms with E-state index < -0.39 is 12.0 Å². The zero-order chi connectivity index (χ0) is 9.56. The summed E-state index contributed by atoms with van der Waals surface area (Å²) in [6.07, 6.45) is 0.521. The van der Waals surface area contributed by atoms with Gasteiger partial charge >= 0.3 is 5.97 Å². The Bertz CT molecular complexity index is 170. The SMILES string of the molecule is C=C(C)CSCCC(N)C(=O)O. The highest BCUT2D eigenvalue weighted by Crippen LogP contribution is 2.07. The minimum Gasteiger partial charge on any atom is -0.480 e. The van der Waals surface area contributed by atoms with Gasteiger partial charge in [0.1, 0.15) is 6.04 Å². The fourth-order valence-electron chi connectivity index (χ4n) is 0.580. The van der Waals surface area contributed by atoms with E-state index in [0.717, 1.165) is 17.1 Å². The van der Waals surface area contributed by atoms with E-state index in [-0.39, 0.29) is 0 Å². The fraction of sp³-hybridized carbons (Fsp3) is 0.625. The molecule has 0 saturated heterocycles. The Morgan fingerprint density at radius 3 is 2.75 bits per heavy atom. The minimum absolute atomic E-state index is 0.521. The van der Waals surface area contributed by atoms with Crippen molar-refractivity contribution in [2.45, 2.75) is 19.4 Å². The molecule has 1 atom stereocenters. The Balaban J connectivity index is 3.31. The maximum Gasteiger partial charge on any atom is 0.320 e. The van der Waals surface area contributed by atoms with Crippen LogP contribution >= 0.6 is 11.8 Å². The molecule has 0 spiro atoms. The first-order valence-electron chi connectivity index (χ1n) is 3.74. The van der Waals surface area contributed by atoms with Gasteiger partial charge in [-0.25, -0.2) is 0 Å². The van der Waals surface area contributed by atoms with Gasteiger partial charge < -0.3 is 10.8 Å². The average Bonchev–Trinajstić information content (AvgIpc) is 1.97. The molecule has 3 N–H and O–H groups in total. The molecule has 1 unspecified atom stereocenters. The van der Waals surface area contributed by atoms with E-state index in [9.17, 15) is 4.79 Å². The van der Waals surface area contributed by atoms with Crippen LogP contribution in [-0.2, 0) is 4.79 Å². The van der Waals surface area contributed by atoms with Gasteiger partial charge in [0.15, 0.2) is 0 Å².